The quantitative estimate of drug-likeness (QED) is 0.321. The number of halogens is 2. The van der Waals surface area contributed by atoms with Gasteiger partial charge in [0.1, 0.15) is 0 Å². The Labute approximate surface area is 78.8 Å². The van der Waals surface area contributed by atoms with Gasteiger partial charge in [-0.15, -0.1) is 0 Å². The van der Waals surface area contributed by atoms with Crippen molar-refractivity contribution in [3.8, 4) is 0 Å². The average Bonchev–Trinajstić information content (AvgIpc) is 2.03. The lowest BCUT2D eigenvalue weighted by molar-refractivity contribution is 0.303. The van der Waals surface area contributed by atoms with Crippen molar-refractivity contribution >= 4 is 29.1 Å². The van der Waals surface area contributed by atoms with Crippen molar-refractivity contribution in [3.63, 3.8) is 0 Å². The predicted molar refractivity (Wildman–Crippen MR) is 47.4 cm³/mol. The third-order valence-electron chi connectivity index (χ3n) is 1.28. The molecule has 1 aromatic rings. The number of oxime groups is 1. The van der Waals surface area contributed by atoms with Gasteiger partial charge in [0.15, 0.2) is 0 Å². The Balaban J connectivity index is 3.31. The lowest BCUT2D eigenvalue weighted by Crippen LogP contribution is -2.00. The summed E-state index contributed by atoms with van der Waals surface area (Å²) in [6, 6.07) is 4.69. The Morgan fingerprint density at radius 1 is 1.25 bits per heavy atom. The van der Waals surface area contributed by atoms with Gasteiger partial charge in [-0.1, -0.05) is 29.3 Å². The summed E-state index contributed by atoms with van der Waals surface area (Å²) >= 11 is 11.3. The maximum absolute atomic E-state index is 9.02. The molecular weight excluding hydrogens is 201 g/mol. The van der Waals surface area contributed by atoms with Crippen LogP contribution in [0.2, 0.25) is 10.0 Å². The number of benzene rings is 1. The Bertz CT molecular complexity index is 305. The summed E-state index contributed by atoms with van der Waals surface area (Å²) in [6.45, 7) is 0. The molecule has 0 aliphatic rings. The largest absolute Gasteiger partial charge is 0.491 e. The summed E-state index contributed by atoms with van der Waals surface area (Å²) in [6.07, 6.45) is 0. The molecule has 0 atom stereocenters. The molecule has 1 rings (SSSR count). The summed E-state index contributed by atoms with van der Waals surface area (Å²) in [5.74, 6) is -0.592. The lowest BCUT2D eigenvalue weighted by Gasteiger charge is -2.01. The van der Waals surface area contributed by atoms with Gasteiger partial charge in [-0.2, -0.15) is 0 Å². The first-order chi connectivity index (χ1) is 5.66. The van der Waals surface area contributed by atoms with Crippen LogP contribution in [0, 0.1) is 0 Å². The maximum atomic E-state index is 9.02. The number of hydrogen-bond donors (Lipinski definition) is 2. The van der Waals surface area contributed by atoms with E-state index >= 15 is 0 Å². The second kappa shape index (κ2) is 3.65. The molecule has 3 nitrogen and oxygen atoms in total. The molecule has 5 heteroatoms. The van der Waals surface area contributed by atoms with Gasteiger partial charge in [-0.05, 0) is 17.3 Å². The van der Waals surface area contributed by atoms with Crippen LogP contribution in [-0.4, -0.2) is 16.2 Å². The van der Waals surface area contributed by atoms with Gasteiger partial charge in [-0.25, -0.2) is 0 Å². The van der Waals surface area contributed by atoms with Crippen molar-refractivity contribution < 1.29 is 10.3 Å². The summed E-state index contributed by atoms with van der Waals surface area (Å²) in [7, 11) is 0. The van der Waals surface area contributed by atoms with Crippen LogP contribution in [0.1, 0.15) is 5.56 Å². The standard InChI is InChI=1S/C7H5Cl2NO2/c8-4-2-1-3-5(9)6(4)7(11)10-12/h1-3,12H,(H,10,11). The van der Waals surface area contributed by atoms with Crippen molar-refractivity contribution in [2.45, 2.75) is 0 Å². The molecule has 0 spiro atoms. The van der Waals surface area contributed by atoms with Gasteiger partial charge in [0.25, 0.3) is 5.90 Å². The smallest absolute Gasteiger partial charge is 0.258 e. The molecule has 1 aromatic carbocycles. The molecule has 0 amide bonds. The van der Waals surface area contributed by atoms with Crippen LogP contribution < -0.4 is 0 Å². The monoisotopic (exact) mass is 205 g/mol. The van der Waals surface area contributed by atoms with Crippen molar-refractivity contribution in [1.82, 2.24) is 0 Å². The van der Waals surface area contributed by atoms with E-state index in [0.29, 0.717) is 0 Å². The number of nitrogens with zero attached hydrogens (tertiary/aromatic N) is 1. The molecule has 12 heavy (non-hydrogen) atoms. The van der Waals surface area contributed by atoms with E-state index in [2.05, 4.69) is 5.16 Å². The van der Waals surface area contributed by atoms with Crippen molar-refractivity contribution in [2.24, 2.45) is 5.16 Å². The molecule has 0 fully saturated rings. The minimum atomic E-state index is -0.592. The third-order valence-corrected chi connectivity index (χ3v) is 1.91. The van der Waals surface area contributed by atoms with Crippen LogP contribution >= 0.6 is 23.2 Å². The van der Waals surface area contributed by atoms with E-state index in [1.807, 2.05) is 0 Å². The highest BCUT2D eigenvalue weighted by atomic mass is 35.5. The molecule has 0 saturated heterocycles. The highest BCUT2D eigenvalue weighted by Crippen LogP contribution is 2.23. The molecule has 64 valence electrons. The average molecular weight is 206 g/mol. The van der Waals surface area contributed by atoms with E-state index in [1.54, 1.807) is 6.07 Å². The predicted octanol–water partition coefficient (Wildman–Crippen LogP) is 2.69. The fraction of sp³-hybridized carbons (Fsp3) is 0. The number of aliphatic hydroxyl groups is 1. The van der Waals surface area contributed by atoms with Crippen LogP contribution in [0.4, 0.5) is 0 Å². The Morgan fingerprint density at radius 3 is 2.17 bits per heavy atom. The van der Waals surface area contributed by atoms with Gasteiger partial charge in [-0.3, -0.25) is 0 Å². The Hall–Kier alpha value is -0.930. The first-order valence-electron chi connectivity index (χ1n) is 3.02. The zero-order valence-electron chi connectivity index (χ0n) is 5.83. The first-order valence-corrected chi connectivity index (χ1v) is 3.78. The molecule has 0 saturated carbocycles. The van der Waals surface area contributed by atoms with Crippen LogP contribution in [0.5, 0.6) is 0 Å². The van der Waals surface area contributed by atoms with Crippen LogP contribution in [0.15, 0.2) is 23.4 Å². The molecule has 0 radical (unpaired) electrons. The topological polar surface area (TPSA) is 52.8 Å². The van der Waals surface area contributed by atoms with Crippen LogP contribution in [-0.2, 0) is 0 Å². The fourth-order valence-electron chi connectivity index (χ4n) is 0.761. The van der Waals surface area contributed by atoms with E-state index in [-0.39, 0.29) is 15.6 Å². The van der Waals surface area contributed by atoms with Crippen molar-refractivity contribution in [3.05, 3.63) is 33.8 Å². The second-order valence-corrected chi connectivity index (χ2v) is 2.83. The molecule has 0 aliphatic heterocycles. The molecule has 0 aliphatic carbocycles. The Kier molecular flexibility index (Phi) is 2.78. The molecule has 2 N–H and O–H groups in total. The summed E-state index contributed by atoms with van der Waals surface area (Å²) < 4.78 is 0. The minimum Gasteiger partial charge on any atom is -0.491 e. The molecular formula is C7H5Cl2NO2. The normalized spacial score (nSPS) is 11.7. The number of hydrogen-bond acceptors (Lipinski definition) is 2. The molecule has 0 heterocycles. The third kappa shape index (κ3) is 1.62. The van der Waals surface area contributed by atoms with Gasteiger partial charge in [0.05, 0.1) is 15.6 Å². The first kappa shape index (κ1) is 9.16. The molecule has 0 aromatic heterocycles. The summed E-state index contributed by atoms with van der Waals surface area (Å²) in [5, 5.41) is 20.3. The molecule has 0 unspecified atom stereocenters. The minimum absolute atomic E-state index is 0.128. The van der Waals surface area contributed by atoms with Crippen LogP contribution in [0.25, 0.3) is 0 Å². The number of rotatable bonds is 1. The van der Waals surface area contributed by atoms with E-state index in [9.17, 15) is 0 Å². The molecule has 0 bridgehead atoms. The maximum Gasteiger partial charge on any atom is 0.258 e. The highest BCUT2D eigenvalue weighted by molar-refractivity contribution is 6.39. The van der Waals surface area contributed by atoms with Crippen molar-refractivity contribution in [2.75, 3.05) is 0 Å². The SMILES string of the molecule is ON=C(O)c1c(Cl)cccc1Cl. The van der Waals surface area contributed by atoms with Gasteiger partial charge < -0.3 is 10.3 Å². The summed E-state index contributed by atoms with van der Waals surface area (Å²) in [5.41, 5.74) is 0.128. The highest BCUT2D eigenvalue weighted by Gasteiger charge is 2.10. The van der Waals surface area contributed by atoms with Crippen LogP contribution in [0.3, 0.4) is 0 Å². The van der Waals surface area contributed by atoms with Gasteiger partial charge in [0, 0.05) is 0 Å². The zero-order valence-corrected chi connectivity index (χ0v) is 7.34. The van der Waals surface area contributed by atoms with E-state index in [1.165, 1.54) is 12.1 Å². The van der Waals surface area contributed by atoms with Gasteiger partial charge >= 0.3 is 0 Å². The zero-order chi connectivity index (χ0) is 9.14. The van der Waals surface area contributed by atoms with E-state index in [0.717, 1.165) is 0 Å². The lowest BCUT2D eigenvalue weighted by atomic mass is 10.2. The number of aliphatic hydroxyl groups excluding tert-OH is 1. The van der Waals surface area contributed by atoms with E-state index < -0.39 is 5.90 Å². The fourth-order valence-corrected chi connectivity index (χ4v) is 1.33. The summed E-state index contributed by atoms with van der Waals surface area (Å²) in [4.78, 5) is 0. The Morgan fingerprint density at radius 2 is 1.75 bits per heavy atom. The van der Waals surface area contributed by atoms with Gasteiger partial charge in [0.2, 0.25) is 0 Å². The van der Waals surface area contributed by atoms with E-state index in [4.69, 9.17) is 33.5 Å². The second-order valence-electron chi connectivity index (χ2n) is 2.02. The van der Waals surface area contributed by atoms with Crippen molar-refractivity contribution in [1.29, 1.82) is 0 Å².